The molecular formula is C21H29N5O5. The van der Waals surface area contributed by atoms with Crippen LogP contribution in [0.25, 0.3) is 10.9 Å². The number of phenols is 1. The van der Waals surface area contributed by atoms with Crippen molar-refractivity contribution in [3.05, 3.63) is 30.0 Å². The Morgan fingerprint density at radius 1 is 1.32 bits per heavy atom. The standard InChI is InChI=1S/C21H29N5O5/c22-7-1-3-17(20(29)26-8-2-4-18(26)21(30)31)25-19(28)15(23)9-12-11-24-16-6-5-13(27)10-14(12)16/h5-6,10-11,15,17-18,24,27H,1-4,7-9,22-23H2,(H,25,28)(H,30,31)/t15-,17-,18-/m0/s1. The number of rotatable bonds is 9. The minimum atomic E-state index is -1.05. The molecule has 2 aromatic rings. The third-order valence-electron chi connectivity index (χ3n) is 5.66. The van der Waals surface area contributed by atoms with Gasteiger partial charge in [0.15, 0.2) is 0 Å². The van der Waals surface area contributed by atoms with Crippen molar-refractivity contribution in [2.75, 3.05) is 13.1 Å². The fraction of sp³-hybridized carbons (Fsp3) is 0.476. The zero-order valence-electron chi connectivity index (χ0n) is 17.2. The highest BCUT2D eigenvalue weighted by atomic mass is 16.4. The number of amides is 2. The maximum absolute atomic E-state index is 13.0. The second kappa shape index (κ2) is 9.80. The van der Waals surface area contributed by atoms with Gasteiger partial charge in [-0.2, -0.15) is 0 Å². The summed E-state index contributed by atoms with van der Waals surface area (Å²) in [5, 5.41) is 22.6. The smallest absolute Gasteiger partial charge is 0.326 e. The van der Waals surface area contributed by atoms with Crippen LogP contribution in [0.4, 0.5) is 0 Å². The molecule has 168 valence electrons. The van der Waals surface area contributed by atoms with Gasteiger partial charge in [0.05, 0.1) is 6.04 Å². The molecule has 0 saturated carbocycles. The Morgan fingerprint density at radius 2 is 2.10 bits per heavy atom. The maximum Gasteiger partial charge on any atom is 0.326 e. The Hall–Kier alpha value is -3.11. The molecule has 0 unspecified atom stereocenters. The number of nitrogens with two attached hydrogens (primary N) is 2. The molecule has 1 aromatic heterocycles. The van der Waals surface area contributed by atoms with Crippen molar-refractivity contribution < 1.29 is 24.6 Å². The lowest BCUT2D eigenvalue weighted by molar-refractivity contribution is -0.149. The van der Waals surface area contributed by atoms with Gasteiger partial charge in [0.2, 0.25) is 11.8 Å². The number of hydrogen-bond donors (Lipinski definition) is 6. The topological polar surface area (TPSA) is 175 Å². The van der Waals surface area contributed by atoms with Gasteiger partial charge >= 0.3 is 5.97 Å². The van der Waals surface area contributed by atoms with E-state index in [-0.39, 0.29) is 12.2 Å². The highest BCUT2D eigenvalue weighted by Gasteiger charge is 2.37. The summed E-state index contributed by atoms with van der Waals surface area (Å²) < 4.78 is 0. The number of likely N-dealkylation sites (tertiary alicyclic amines) is 1. The summed E-state index contributed by atoms with van der Waals surface area (Å²) in [5.41, 5.74) is 13.3. The fourth-order valence-electron chi connectivity index (χ4n) is 4.01. The van der Waals surface area contributed by atoms with E-state index in [1.165, 1.54) is 4.90 Å². The van der Waals surface area contributed by atoms with Gasteiger partial charge in [-0.05, 0) is 62.4 Å². The molecule has 10 heteroatoms. The molecule has 2 heterocycles. The van der Waals surface area contributed by atoms with Gasteiger partial charge in [0, 0.05) is 23.6 Å². The van der Waals surface area contributed by atoms with Crippen molar-refractivity contribution in [3.63, 3.8) is 0 Å². The third kappa shape index (κ3) is 5.15. The molecule has 31 heavy (non-hydrogen) atoms. The number of benzene rings is 1. The molecule has 2 amide bonds. The second-order valence-electron chi connectivity index (χ2n) is 7.87. The summed E-state index contributed by atoms with van der Waals surface area (Å²) in [6.45, 7) is 0.683. The Bertz CT molecular complexity index is 959. The molecule has 1 aliphatic heterocycles. The number of aromatic nitrogens is 1. The number of fused-ring (bicyclic) bond motifs is 1. The van der Waals surface area contributed by atoms with Gasteiger partial charge < -0.3 is 36.9 Å². The number of carbonyl (C=O) groups excluding carboxylic acids is 2. The van der Waals surface area contributed by atoms with Crippen LogP contribution in [-0.2, 0) is 20.8 Å². The number of nitrogens with one attached hydrogen (secondary N) is 2. The zero-order chi connectivity index (χ0) is 22.5. The van der Waals surface area contributed by atoms with Crippen LogP contribution in [-0.4, -0.2) is 69.1 Å². The van der Waals surface area contributed by atoms with Crippen molar-refractivity contribution >= 4 is 28.7 Å². The molecule has 0 radical (unpaired) electrons. The first-order valence-electron chi connectivity index (χ1n) is 10.4. The van der Waals surface area contributed by atoms with E-state index < -0.39 is 35.9 Å². The number of carbonyl (C=O) groups is 3. The van der Waals surface area contributed by atoms with E-state index in [1.54, 1.807) is 24.4 Å². The van der Waals surface area contributed by atoms with Crippen LogP contribution in [0.5, 0.6) is 5.75 Å². The third-order valence-corrected chi connectivity index (χ3v) is 5.66. The highest BCUT2D eigenvalue weighted by Crippen LogP contribution is 2.24. The van der Waals surface area contributed by atoms with Crippen molar-refractivity contribution in [2.45, 2.75) is 50.2 Å². The minimum absolute atomic E-state index is 0.109. The van der Waals surface area contributed by atoms with Crippen LogP contribution < -0.4 is 16.8 Å². The quantitative estimate of drug-likeness (QED) is 0.325. The SMILES string of the molecule is NCCC[C@H](NC(=O)[C@@H](N)Cc1c[nH]c2ccc(O)cc12)C(=O)N1CCC[C@H]1C(=O)O. The van der Waals surface area contributed by atoms with E-state index in [2.05, 4.69) is 10.3 Å². The predicted molar refractivity (Wildman–Crippen MR) is 114 cm³/mol. The molecule has 0 bridgehead atoms. The first kappa shape index (κ1) is 22.6. The van der Waals surface area contributed by atoms with E-state index >= 15 is 0 Å². The number of phenolic OH excluding ortho intramolecular Hbond substituents is 1. The van der Waals surface area contributed by atoms with Crippen LogP contribution in [0, 0.1) is 0 Å². The van der Waals surface area contributed by atoms with Gasteiger partial charge in [0.1, 0.15) is 17.8 Å². The number of nitrogens with zero attached hydrogens (tertiary/aromatic N) is 1. The molecule has 3 atom stereocenters. The van der Waals surface area contributed by atoms with Gasteiger partial charge in [-0.25, -0.2) is 4.79 Å². The summed E-state index contributed by atoms with van der Waals surface area (Å²) in [7, 11) is 0. The summed E-state index contributed by atoms with van der Waals surface area (Å²) in [5.74, 6) is -1.86. The van der Waals surface area contributed by atoms with Crippen molar-refractivity contribution in [1.29, 1.82) is 0 Å². The Morgan fingerprint density at radius 3 is 2.81 bits per heavy atom. The van der Waals surface area contributed by atoms with Crippen LogP contribution >= 0.6 is 0 Å². The van der Waals surface area contributed by atoms with Gasteiger partial charge in [-0.15, -0.1) is 0 Å². The maximum atomic E-state index is 13.0. The van der Waals surface area contributed by atoms with Crippen LogP contribution in [0.2, 0.25) is 0 Å². The normalized spacial score (nSPS) is 18.1. The number of carboxylic acids is 1. The van der Waals surface area contributed by atoms with Gasteiger partial charge in [0.25, 0.3) is 0 Å². The fourth-order valence-corrected chi connectivity index (χ4v) is 4.01. The number of hydrogen-bond acceptors (Lipinski definition) is 6. The summed E-state index contributed by atoms with van der Waals surface area (Å²) in [4.78, 5) is 41.6. The lowest BCUT2D eigenvalue weighted by atomic mass is 10.0. The molecule has 1 fully saturated rings. The van der Waals surface area contributed by atoms with Gasteiger partial charge in [-0.3, -0.25) is 9.59 Å². The summed E-state index contributed by atoms with van der Waals surface area (Å²) in [6, 6.07) is 2.20. The number of H-pyrrole nitrogens is 1. The molecule has 1 saturated heterocycles. The number of aromatic amines is 1. The van der Waals surface area contributed by atoms with Crippen molar-refractivity contribution in [3.8, 4) is 5.75 Å². The molecule has 1 aromatic carbocycles. The van der Waals surface area contributed by atoms with E-state index in [9.17, 15) is 24.6 Å². The molecular weight excluding hydrogens is 402 g/mol. The minimum Gasteiger partial charge on any atom is -0.508 e. The van der Waals surface area contributed by atoms with E-state index in [0.717, 1.165) is 16.5 Å². The van der Waals surface area contributed by atoms with Crippen LogP contribution in [0.1, 0.15) is 31.2 Å². The molecule has 0 spiro atoms. The predicted octanol–water partition coefficient (Wildman–Crippen LogP) is 0.0426. The van der Waals surface area contributed by atoms with E-state index in [4.69, 9.17) is 11.5 Å². The average Bonchev–Trinajstić information content (AvgIpc) is 3.38. The largest absolute Gasteiger partial charge is 0.508 e. The lowest BCUT2D eigenvalue weighted by Crippen LogP contribution is -2.54. The molecule has 1 aliphatic rings. The molecule has 0 aliphatic carbocycles. The zero-order valence-corrected chi connectivity index (χ0v) is 17.2. The molecule has 10 nitrogen and oxygen atoms in total. The average molecular weight is 431 g/mol. The van der Waals surface area contributed by atoms with E-state index in [0.29, 0.717) is 38.8 Å². The van der Waals surface area contributed by atoms with Crippen LogP contribution in [0.15, 0.2) is 24.4 Å². The number of aromatic hydroxyl groups is 1. The summed E-state index contributed by atoms with van der Waals surface area (Å²) in [6.07, 6.45) is 3.74. The number of carboxylic acid groups (broad SMARTS) is 1. The number of aliphatic carboxylic acids is 1. The Labute approximate surface area is 179 Å². The van der Waals surface area contributed by atoms with Crippen molar-refractivity contribution in [1.82, 2.24) is 15.2 Å². The lowest BCUT2D eigenvalue weighted by Gasteiger charge is -2.28. The first-order valence-corrected chi connectivity index (χ1v) is 10.4. The molecule has 3 rings (SSSR count). The van der Waals surface area contributed by atoms with Gasteiger partial charge in [-0.1, -0.05) is 0 Å². The second-order valence-corrected chi connectivity index (χ2v) is 7.87. The van der Waals surface area contributed by atoms with Crippen molar-refractivity contribution in [2.24, 2.45) is 11.5 Å². The Kier molecular flexibility index (Phi) is 7.13. The Balaban J connectivity index is 1.69. The molecule has 8 N–H and O–H groups in total. The first-order chi connectivity index (χ1) is 14.8. The highest BCUT2D eigenvalue weighted by molar-refractivity contribution is 5.92. The van der Waals surface area contributed by atoms with Crippen LogP contribution in [0.3, 0.4) is 0 Å². The van der Waals surface area contributed by atoms with E-state index in [1.807, 2.05) is 0 Å². The summed E-state index contributed by atoms with van der Waals surface area (Å²) >= 11 is 0. The monoisotopic (exact) mass is 431 g/mol.